The van der Waals surface area contributed by atoms with Crippen molar-refractivity contribution in [3.8, 4) is 0 Å². The molecular formula is C7H5F5N2O2S. The van der Waals surface area contributed by atoms with Gasteiger partial charge in [-0.1, -0.05) is 0 Å². The van der Waals surface area contributed by atoms with Crippen LogP contribution in [0.3, 0.4) is 0 Å². The van der Waals surface area contributed by atoms with Crippen molar-refractivity contribution in [3.63, 3.8) is 0 Å². The number of rotatable bonds is 2. The second kappa shape index (κ2) is 4.18. The summed E-state index contributed by atoms with van der Waals surface area (Å²) in [5, 5.41) is 4.59. The van der Waals surface area contributed by atoms with E-state index in [9.17, 15) is 30.4 Å². The van der Waals surface area contributed by atoms with Crippen molar-refractivity contribution in [2.75, 3.05) is 0 Å². The summed E-state index contributed by atoms with van der Waals surface area (Å²) in [6.07, 6.45) is -8.33. The van der Waals surface area contributed by atoms with Gasteiger partial charge in [0.15, 0.2) is 5.69 Å². The van der Waals surface area contributed by atoms with Crippen LogP contribution in [0.1, 0.15) is 17.7 Å². The highest BCUT2D eigenvalue weighted by molar-refractivity contribution is 7.89. The first-order chi connectivity index (χ1) is 7.53. The molecule has 0 atom stereocenters. The highest BCUT2D eigenvalue weighted by Crippen LogP contribution is 2.35. The van der Waals surface area contributed by atoms with Crippen LogP contribution in [0.15, 0.2) is 17.2 Å². The van der Waals surface area contributed by atoms with Gasteiger partial charge in [0.1, 0.15) is 4.90 Å². The van der Waals surface area contributed by atoms with Crippen molar-refractivity contribution in [1.82, 2.24) is 4.98 Å². The molecule has 1 heterocycles. The zero-order valence-electron chi connectivity index (χ0n) is 7.87. The second-order valence-electron chi connectivity index (χ2n) is 2.95. The number of pyridine rings is 1. The van der Waals surface area contributed by atoms with Gasteiger partial charge in [0.2, 0.25) is 10.0 Å². The van der Waals surface area contributed by atoms with Crippen LogP contribution in [0.2, 0.25) is 0 Å². The Morgan fingerprint density at radius 1 is 1.29 bits per heavy atom. The third-order valence-electron chi connectivity index (χ3n) is 1.72. The third-order valence-corrected chi connectivity index (χ3v) is 2.60. The van der Waals surface area contributed by atoms with E-state index < -0.39 is 38.8 Å². The van der Waals surface area contributed by atoms with E-state index in [4.69, 9.17) is 0 Å². The molecule has 0 amide bonds. The summed E-state index contributed by atoms with van der Waals surface area (Å²) < 4.78 is 83.0. The molecule has 10 heteroatoms. The number of nitrogens with two attached hydrogens (primary N) is 1. The minimum absolute atomic E-state index is 0.163. The van der Waals surface area contributed by atoms with Crippen LogP contribution in [0, 0.1) is 0 Å². The lowest BCUT2D eigenvalue weighted by Gasteiger charge is -2.11. The van der Waals surface area contributed by atoms with E-state index in [0.29, 0.717) is 0 Å². The minimum Gasteiger partial charge on any atom is -0.250 e. The van der Waals surface area contributed by atoms with Crippen LogP contribution < -0.4 is 5.14 Å². The highest BCUT2D eigenvalue weighted by Gasteiger charge is 2.38. The molecule has 17 heavy (non-hydrogen) atoms. The number of sulfonamides is 1. The van der Waals surface area contributed by atoms with Gasteiger partial charge in [0, 0.05) is 11.8 Å². The van der Waals surface area contributed by atoms with Gasteiger partial charge in [-0.25, -0.2) is 27.3 Å². The quantitative estimate of drug-likeness (QED) is 0.835. The SMILES string of the molecule is NS(=O)(=O)c1cnc(C(F)(F)F)c(C(F)F)c1. The zero-order chi connectivity index (χ0) is 13.4. The molecule has 1 rings (SSSR count). The van der Waals surface area contributed by atoms with Gasteiger partial charge < -0.3 is 0 Å². The van der Waals surface area contributed by atoms with Crippen LogP contribution >= 0.6 is 0 Å². The number of hydrogen-bond acceptors (Lipinski definition) is 3. The first kappa shape index (κ1) is 13.8. The molecular weight excluding hydrogens is 271 g/mol. The predicted octanol–water partition coefficient (Wildman–Crippen LogP) is 1.69. The Morgan fingerprint density at radius 3 is 2.18 bits per heavy atom. The Morgan fingerprint density at radius 2 is 1.82 bits per heavy atom. The maximum absolute atomic E-state index is 12.4. The number of nitrogens with zero attached hydrogens (tertiary/aromatic N) is 1. The lowest BCUT2D eigenvalue weighted by atomic mass is 10.2. The summed E-state index contributed by atoms with van der Waals surface area (Å²) in [6.45, 7) is 0. The van der Waals surface area contributed by atoms with Crippen molar-refractivity contribution in [2.45, 2.75) is 17.5 Å². The fourth-order valence-electron chi connectivity index (χ4n) is 1.02. The van der Waals surface area contributed by atoms with Gasteiger partial charge in [-0.3, -0.25) is 0 Å². The summed E-state index contributed by atoms with van der Waals surface area (Å²) in [5.41, 5.74) is -3.36. The first-order valence-corrected chi connectivity index (χ1v) is 5.46. The maximum atomic E-state index is 12.4. The van der Waals surface area contributed by atoms with Gasteiger partial charge in [-0.2, -0.15) is 13.2 Å². The molecule has 1 aromatic rings. The van der Waals surface area contributed by atoms with Crippen molar-refractivity contribution in [2.24, 2.45) is 5.14 Å². The molecule has 0 unspecified atom stereocenters. The molecule has 0 saturated carbocycles. The van der Waals surface area contributed by atoms with Crippen molar-refractivity contribution in [3.05, 3.63) is 23.5 Å². The fourth-order valence-corrected chi connectivity index (χ4v) is 1.51. The van der Waals surface area contributed by atoms with E-state index in [0.717, 1.165) is 0 Å². The minimum atomic E-state index is -5.09. The molecule has 1 aromatic heterocycles. The van der Waals surface area contributed by atoms with E-state index in [1.807, 2.05) is 0 Å². The van der Waals surface area contributed by atoms with Crippen LogP contribution in [-0.4, -0.2) is 13.4 Å². The molecule has 4 nitrogen and oxygen atoms in total. The smallest absolute Gasteiger partial charge is 0.250 e. The van der Waals surface area contributed by atoms with Crippen LogP contribution in [0.25, 0.3) is 0 Å². The molecule has 0 fully saturated rings. The number of hydrogen-bond donors (Lipinski definition) is 1. The molecule has 0 aliphatic carbocycles. The molecule has 0 spiro atoms. The lowest BCUT2D eigenvalue weighted by Crippen LogP contribution is -2.17. The van der Waals surface area contributed by atoms with Crippen LogP contribution in [0.5, 0.6) is 0 Å². The number of halogens is 5. The molecule has 0 aliphatic heterocycles. The summed E-state index contributed by atoms with van der Waals surface area (Å²) >= 11 is 0. The molecule has 2 N–H and O–H groups in total. The second-order valence-corrected chi connectivity index (χ2v) is 4.51. The maximum Gasteiger partial charge on any atom is 0.433 e. The van der Waals surface area contributed by atoms with Crippen LogP contribution in [-0.2, 0) is 16.2 Å². The Hall–Kier alpha value is -1.29. The van der Waals surface area contributed by atoms with Crippen molar-refractivity contribution in [1.29, 1.82) is 0 Å². The summed E-state index contributed by atoms with van der Waals surface area (Å²) in [5.74, 6) is 0. The standard InChI is InChI=1S/C7H5F5N2O2S/c8-6(9)4-1-3(17(13,15)16)2-14-5(4)7(10,11)12/h1-2,6H,(H2,13,15,16). The predicted molar refractivity (Wildman–Crippen MR) is 45.6 cm³/mol. The van der Waals surface area contributed by atoms with E-state index in [1.165, 1.54) is 0 Å². The highest BCUT2D eigenvalue weighted by atomic mass is 32.2. The molecule has 0 saturated heterocycles. The van der Waals surface area contributed by atoms with Gasteiger partial charge in [0.05, 0.1) is 0 Å². The normalized spacial score (nSPS) is 13.1. The monoisotopic (exact) mass is 276 g/mol. The third kappa shape index (κ3) is 3.09. The first-order valence-electron chi connectivity index (χ1n) is 3.91. The summed E-state index contributed by atoms with van der Waals surface area (Å²) in [6, 6.07) is 0.163. The topological polar surface area (TPSA) is 73.1 Å². The Balaban J connectivity index is 3.49. The summed E-state index contributed by atoms with van der Waals surface area (Å²) in [7, 11) is -4.38. The van der Waals surface area contributed by atoms with Crippen molar-refractivity contribution >= 4 is 10.0 Å². The zero-order valence-corrected chi connectivity index (χ0v) is 8.69. The lowest BCUT2D eigenvalue weighted by molar-refractivity contribution is -0.143. The Kier molecular flexibility index (Phi) is 3.39. The van der Waals surface area contributed by atoms with E-state index in [2.05, 4.69) is 10.1 Å². The molecule has 0 aromatic carbocycles. The van der Waals surface area contributed by atoms with Gasteiger partial charge in [0.25, 0.3) is 6.43 Å². The van der Waals surface area contributed by atoms with Crippen LogP contribution in [0.4, 0.5) is 22.0 Å². The molecule has 0 radical (unpaired) electrons. The molecule has 0 bridgehead atoms. The fraction of sp³-hybridized carbons (Fsp3) is 0.286. The Bertz CT molecular complexity index is 526. The number of primary sulfonamides is 1. The average Bonchev–Trinajstić information content (AvgIpc) is 2.14. The van der Waals surface area contributed by atoms with Gasteiger partial charge in [-0.05, 0) is 6.07 Å². The molecule has 0 aliphatic rings. The average molecular weight is 276 g/mol. The molecule has 96 valence electrons. The van der Waals surface area contributed by atoms with E-state index >= 15 is 0 Å². The van der Waals surface area contributed by atoms with E-state index in [-0.39, 0.29) is 12.3 Å². The van der Waals surface area contributed by atoms with E-state index in [1.54, 1.807) is 0 Å². The largest absolute Gasteiger partial charge is 0.433 e. The number of alkyl halides is 5. The Labute approximate surface area is 92.3 Å². The number of aromatic nitrogens is 1. The van der Waals surface area contributed by atoms with Crippen molar-refractivity contribution < 1.29 is 30.4 Å². The summed E-state index contributed by atoms with van der Waals surface area (Å²) in [4.78, 5) is 1.77. The van der Waals surface area contributed by atoms with Gasteiger partial charge in [-0.15, -0.1) is 0 Å². The van der Waals surface area contributed by atoms with Gasteiger partial charge >= 0.3 is 6.18 Å².